The topological polar surface area (TPSA) is 62.2 Å². The highest BCUT2D eigenvalue weighted by atomic mass is 35.5. The summed E-state index contributed by atoms with van der Waals surface area (Å²) in [5.74, 6) is -5.57. The van der Waals surface area contributed by atoms with E-state index in [9.17, 15) is 27.5 Å². The Labute approximate surface area is 214 Å². The molecule has 10 heteroatoms. The number of nitrogens with one attached hydrogen (secondary N) is 1. The van der Waals surface area contributed by atoms with Crippen LogP contribution in [0.2, 0.25) is 5.02 Å². The number of hydrogen-bond acceptors (Lipinski definition) is 4. The van der Waals surface area contributed by atoms with Crippen LogP contribution in [0.3, 0.4) is 0 Å². The first-order valence-electron chi connectivity index (χ1n) is 11.4. The third kappa shape index (κ3) is 4.60. The van der Waals surface area contributed by atoms with Crippen LogP contribution < -0.4 is 5.32 Å². The van der Waals surface area contributed by atoms with Crippen molar-refractivity contribution >= 4 is 35.0 Å². The van der Waals surface area contributed by atoms with E-state index in [2.05, 4.69) is 10.3 Å². The van der Waals surface area contributed by atoms with Gasteiger partial charge < -0.3 is 10.4 Å². The third-order valence-corrected chi connectivity index (χ3v) is 8.82. The van der Waals surface area contributed by atoms with Crippen LogP contribution >= 0.6 is 23.4 Å². The number of amides is 1. The third-order valence-electron chi connectivity index (χ3n) is 7.07. The predicted molar refractivity (Wildman–Crippen MR) is 129 cm³/mol. The number of nitrogens with zero attached hydrogens (tertiary/aromatic N) is 1. The van der Waals surface area contributed by atoms with Crippen molar-refractivity contribution in [3.63, 3.8) is 0 Å². The van der Waals surface area contributed by atoms with Gasteiger partial charge >= 0.3 is 0 Å². The molecule has 1 amide bonds. The van der Waals surface area contributed by atoms with Gasteiger partial charge in [0.1, 0.15) is 11.4 Å². The van der Waals surface area contributed by atoms with Crippen LogP contribution in [0.1, 0.15) is 41.7 Å². The molecule has 2 aromatic carbocycles. The number of thioether (sulfide) groups is 1. The highest BCUT2D eigenvalue weighted by Gasteiger charge is 2.55. The molecule has 2 saturated carbocycles. The largest absolute Gasteiger partial charge is 0.383 e. The lowest BCUT2D eigenvalue weighted by atomic mass is 9.72. The first kappa shape index (κ1) is 25.0. The normalized spacial score (nSPS) is 25.1. The number of hydrogen-bond donors (Lipinski definition) is 2. The molecule has 0 saturated heterocycles. The Kier molecular flexibility index (Phi) is 6.74. The van der Waals surface area contributed by atoms with E-state index >= 15 is 0 Å². The number of anilines is 1. The van der Waals surface area contributed by atoms with E-state index in [1.54, 1.807) is 18.2 Å². The van der Waals surface area contributed by atoms with Crippen LogP contribution in [0.4, 0.5) is 23.2 Å². The second-order valence-electron chi connectivity index (χ2n) is 9.22. The molecule has 1 aromatic heterocycles. The fraction of sp³-hybridized carbons (Fsp3) is 0.308. The standard InChI is InChI=1S/C26H21ClF4N2O2S/c27-19-5-1-13(25(34)33-17-10-20(29)24(31)21(30)11-17)7-22(19)36-18-8-14-2-3-15(9-18)26(14,35)23-6-4-16(28)12-32-23/h1,4-7,10-12,14-15,18,35H,2-3,8-9H2,(H,33,34)/t14-,15?,18-,26-/m0/s1. The second-order valence-corrected chi connectivity index (χ2v) is 11.0. The summed E-state index contributed by atoms with van der Waals surface area (Å²) in [7, 11) is 0. The number of halogens is 5. The minimum atomic E-state index is -1.61. The zero-order valence-corrected chi connectivity index (χ0v) is 20.4. The Morgan fingerprint density at radius 3 is 2.31 bits per heavy atom. The Morgan fingerprint density at radius 1 is 1.03 bits per heavy atom. The van der Waals surface area contributed by atoms with Crippen LogP contribution in [0.15, 0.2) is 53.6 Å². The summed E-state index contributed by atoms with van der Waals surface area (Å²) in [6, 6.07) is 8.93. The zero-order chi connectivity index (χ0) is 25.6. The molecule has 2 aliphatic carbocycles. The maximum absolute atomic E-state index is 13.5. The molecule has 36 heavy (non-hydrogen) atoms. The molecule has 0 radical (unpaired) electrons. The molecule has 0 aliphatic heterocycles. The molecule has 4 atom stereocenters. The van der Waals surface area contributed by atoms with Gasteiger partial charge in [-0.1, -0.05) is 11.6 Å². The summed E-state index contributed by atoms with van der Waals surface area (Å²) < 4.78 is 53.5. The highest BCUT2D eigenvalue weighted by Crippen LogP contribution is 2.57. The Hall–Kier alpha value is -2.62. The Bertz CT molecular complexity index is 1290. The number of fused-ring (bicyclic) bond motifs is 2. The monoisotopic (exact) mass is 536 g/mol. The lowest BCUT2D eigenvalue weighted by molar-refractivity contribution is -0.0677. The number of pyridine rings is 1. The van der Waals surface area contributed by atoms with Gasteiger partial charge in [-0.25, -0.2) is 17.6 Å². The Morgan fingerprint density at radius 2 is 1.69 bits per heavy atom. The van der Waals surface area contributed by atoms with Gasteiger partial charge in [-0.3, -0.25) is 9.78 Å². The molecule has 188 valence electrons. The van der Waals surface area contributed by atoms with Crippen LogP contribution in [0.5, 0.6) is 0 Å². The smallest absolute Gasteiger partial charge is 0.255 e. The van der Waals surface area contributed by atoms with E-state index in [0.717, 1.165) is 19.0 Å². The van der Waals surface area contributed by atoms with Crippen molar-refractivity contribution in [1.82, 2.24) is 4.98 Å². The number of carbonyl (C=O) groups is 1. The number of aliphatic hydroxyl groups is 1. The van der Waals surface area contributed by atoms with Crippen LogP contribution in [-0.4, -0.2) is 21.2 Å². The van der Waals surface area contributed by atoms with Gasteiger partial charge in [-0.05, 0) is 67.9 Å². The molecule has 3 aromatic rings. The molecule has 1 unspecified atom stereocenters. The summed E-state index contributed by atoms with van der Waals surface area (Å²) in [5.41, 5.74) is -0.600. The minimum absolute atomic E-state index is 0.0414. The van der Waals surface area contributed by atoms with E-state index in [1.165, 1.54) is 23.9 Å². The average molecular weight is 537 g/mol. The van der Waals surface area contributed by atoms with Gasteiger partial charge in [-0.2, -0.15) is 0 Å². The van der Waals surface area contributed by atoms with Gasteiger partial charge in [0.2, 0.25) is 0 Å². The zero-order valence-electron chi connectivity index (χ0n) is 18.8. The van der Waals surface area contributed by atoms with E-state index in [0.29, 0.717) is 40.6 Å². The van der Waals surface area contributed by atoms with Crippen molar-refractivity contribution in [1.29, 1.82) is 0 Å². The quantitative estimate of drug-likeness (QED) is 0.281. The second kappa shape index (κ2) is 9.68. The molecule has 5 rings (SSSR count). The highest BCUT2D eigenvalue weighted by molar-refractivity contribution is 8.00. The minimum Gasteiger partial charge on any atom is -0.383 e. The molecular formula is C26H21ClF4N2O2S. The molecule has 0 spiro atoms. The maximum Gasteiger partial charge on any atom is 0.255 e. The van der Waals surface area contributed by atoms with Crippen LogP contribution in [0.25, 0.3) is 0 Å². The molecule has 2 fully saturated rings. The predicted octanol–water partition coefficient (Wildman–Crippen LogP) is 6.71. The van der Waals surface area contributed by atoms with E-state index in [4.69, 9.17) is 11.6 Å². The van der Waals surface area contributed by atoms with Crippen molar-refractivity contribution in [2.24, 2.45) is 11.8 Å². The van der Waals surface area contributed by atoms with Crippen LogP contribution in [0, 0.1) is 35.1 Å². The first-order chi connectivity index (χ1) is 17.1. The SMILES string of the molecule is O=C(Nc1cc(F)c(F)c(F)c1)c1ccc(Cl)c(S[C@@H]2CC3CC[C@@H](C2)[C@@]3(O)c2ccc(F)cn2)c1. The summed E-state index contributed by atoms with van der Waals surface area (Å²) in [6.07, 6.45) is 4.17. The van der Waals surface area contributed by atoms with Crippen molar-refractivity contribution in [3.05, 3.63) is 88.2 Å². The summed E-state index contributed by atoms with van der Waals surface area (Å²) >= 11 is 7.91. The van der Waals surface area contributed by atoms with E-state index in [1.807, 2.05) is 0 Å². The molecule has 2 aliphatic rings. The first-order valence-corrected chi connectivity index (χ1v) is 12.7. The van der Waals surface area contributed by atoms with Crippen molar-refractivity contribution < 1.29 is 27.5 Å². The van der Waals surface area contributed by atoms with Gasteiger partial charge in [0, 0.05) is 33.5 Å². The van der Waals surface area contributed by atoms with E-state index < -0.39 is 34.8 Å². The van der Waals surface area contributed by atoms with Gasteiger partial charge in [0.05, 0.1) is 16.9 Å². The van der Waals surface area contributed by atoms with Crippen molar-refractivity contribution in [3.8, 4) is 0 Å². The average Bonchev–Trinajstić information content (AvgIpc) is 3.01. The van der Waals surface area contributed by atoms with Gasteiger partial charge in [0.15, 0.2) is 17.5 Å². The number of rotatable bonds is 5. The Balaban J connectivity index is 1.31. The van der Waals surface area contributed by atoms with Gasteiger partial charge in [-0.15, -0.1) is 11.8 Å². The molecule has 4 nitrogen and oxygen atoms in total. The van der Waals surface area contributed by atoms with E-state index in [-0.39, 0.29) is 28.3 Å². The lowest BCUT2D eigenvalue weighted by Crippen LogP contribution is -2.43. The van der Waals surface area contributed by atoms with Crippen molar-refractivity contribution in [2.45, 2.75) is 41.4 Å². The maximum atomic E-state index is 13.5. The number of aromatic nitrogens is 1. The summed E-state index contributed by atoms with van der Waals surface area (Å²) in [6.45, 7) is 0. The molecule has 1 heterocycles. The summed E-state index contributed by atoms with van der Waals surface area (Å²) in [4.78, 5) is 17.5. The molecule has 2 bridgehead atoms. The fourth-order valence-corrected chi connectivity index (χ4v) is 7.02. The molecule has 2 N–H and O–H groups in total. The van der Waals surface area contributed by atoms with Crippen molar-refractivity contribution in [2.75, 3.05) is 5.32 Å². The number of benzene rings is 2. The summed E-state index contributed by atoms with van der Waals surface area (Å²) in [5, 5.41) is 14.5. The van der Waals surface area contributed by atoms with Crippen LogP contribution in [-0.2, 0) is 5.60 Å². The fourth-order valence-electron chi connectivity index (χ4n) is 5.37. The number of carbonyl (C=O) groups excluding carboxylic acids is 1. The molecular weight excluding hydrogens is 516 g/mol. The van der Waals surface area contributed by atoms with Gasteiger partial charge in [0.25, 0.3) is 5.91 Å². The lowest BCUT2D eigenvalue weighted by Gasteiger charge is -2.42.